The number of hydrogen-bond acceptors (Lipinski definition) is 3. The van der Waals surface area contributed by atoms with Crippen LogP contribution in [0.3, 0.4) is 0 Å². The van der Waals surface area contributed by atoms with Gasteiger partial charge in [-0.25, -0.2) is 8.78 Å². The zero-order chi connectivity index (χ0) is 31.9. The van der Waals surface area contributed by atoms with Crippen LogP contribution in [0.2, 0.25) is 0 Å². The molecule has 43 heavy (non-hydrogen) atoms. The lowest BCUT2D eigenvalue weighted by atomic mass is 9.94. The summed E-state index contributed by atoms with van der Waals surface area (Å²) in [5.74, 6) is -2.78. The number of amides is 2. The van der Waals surface area contributed by atoms with Crippen molar-refractivity contribution in [1.82, 2.24) is 0 Å². The van der Waals surface area contributed by atoms with Gasteiger partial charge < -0.3 is 10.2 Å². The predicted molar refractivity (Wildman–Crippen MR) is 147 cm³/mol. The number of alkyl halides is 7. The molecule has 0 aliphatic heterocycles. The van der Waals surface area contributed by atoms with Crippen LogP contribution >= 0.6 is 15.9 Å². The molecule has 3 aromatic carbocycles. The molecule has 230 valence electrons. The van der Waals surface area contributed by atoms with Crippen LogP contribution in [0.15, 0.2) is 70.0 Å². The molecule has 0 saturated heterocycles. The maximum atomic E-state index is 15.8. The Bertz CT molecular complexity index is 1560. The molecule has 1 aliphatic rings. The van der Waals surface area contributed by atoms with Crippen molar-refractivity contribution in [2.24, 2.45) is 5.92 Å². The van der Waals surface area contributed by atoms with Crippen LogP contribution < -0.4 is 10.2 Å². The van der Waals surface area contributed by atoms with E-state index < -0.39 is 72.6 Å². The van der Waals surface area contributed by atoms with Gasteiger partial charge in [-0.1, -0.05) is 24.3 Å². The highest BCUT2D eigenvalue weighted by Crippen LogP contribution is 2.54. The van der Waals surface area contributed by atoms with Gasteiger partial charge in [-0.2, -0.15) is 26.3 Å². The topological polar surface area (TPSA) is 66.5 Å². The molecule has 3 aromatic rings. The maximum Gasteiger partial charge on any atom is 0.435 e. The number of rotatable bonds is 8. The van der Waals surface area contributed by atoms with Crippen LogP contribution in [0.1, 0.15) is 39.1 Å². The van der Waals surface area contributed by atoms with Crippen LogP contribution in [-0.4, -0.2) is 41.2 Å². The lowest BCUT2D eigenvalue weighted by Crippen LogP contribution is -2.50. The molecule has 2 amide bonds. The summed E-state index contributed by atoms with van der Waals surface area (Å²) in [5.41, 5.74) is -8.92. The molecule has 1 unspecified atom stereocenters. The zero-order valence-electron chi connectivity index (χ0n) is 22.0. The minimum Gasteiger partial charge on any atom is -0.320 e. The molecule has 0 aromatic heterocycles. The number of nitrogens with one attached hydrogen (secondary N) is 1. The molecule has 1 aliphatic carbocycles. The van der Waals surface area contributed by atoms with Gasteiger partial charge in [-0.05, 0) is 71.1 Å². The van der Waals surface area contributed by atoms with Crippen molar-refractivity contribution in [3.63, 3.8) is 0 Å². The third-order valence-corrected chi connectivity index (χ3v) is 8.27. The number of hydrogen-bond donors (Lipinski definition) is 1. The lowest BCUT2D eigenvalue weighted by Gasteiger charge is -2.31. The Labute approximate surface area is 250 Å². The van der Waals surface area contributed by atoms with Crippen molar-refractivity contribution in [2.75, 3.05) is 23.0 Å². The van der Waals surface area contributed by atoms with E-state index in [0.717, 1.165) is 25.2 Å². The van der Waals surface area contributed by atoms with Gasteiger partial charge >= 0.3 is 18.0 Å². The molecule has 1 N–H and O–H groups in total. The zero-order valence-corrected chi connectivity index (χ0v) is 24.4. The molecule has 5 nitrogen and oxygen atoms in total. The van der Waals surface area contributed by atoms with Crippen molar-refractivity contribution in [3.8, 4) is 0 Å². The average molecular weight is 697 g/mol. The van der Waals surface area contributed by atoms with Crippen LogP contribution in [0.5, 0.6) is 0 Å². The number of carbonyl (C=O) groups is 2. The molecule has 0 radical (unpaired) electrons. The SMILES string of the molecule is CS(=O)c1cc(C(F)(C(F)(F)F)C(F)(F)F)cc(Br)c1NC(=O)c1cccc(N(CC2CC2)C(=O)c2ccccc2)c1F. The van der Waals surface area contributed by atoms with Crippen LogP contribution in [0.4, 0.5) is 46.5 Å². The monoisotopic (exact) mass is 696 g/mol. The highest BCUT2D eigenvalue weighted by atomic mass is 79.9. The highest BCUT2D eigenvalue weighted by molar-refractivity contribution is 9.10. The Morgan fingerprint density at radius 1 is 0.953 bits per heavy atom. The fourth-order valence-electron chi connectivity index (χ4n) is 4.29. The Kier molecular flexibility index (Phi) is 9.08. The predicted octanol–water partition coefficient (Wildman–Crippen LogP) is 7.92. The third kappa shape index (κ3) is 6.47. The quantitative estimate of drug-likeness (QED) is 0.244. The number of halogens is 9. The summed E-state index contributed by atoms with van der Waals surface area (Å²) in [6.45, 7) is 0.158. The van der Waals surface area contributed by atoms with Gasteiger partial charge in [0.15, 0.2) is 5.82 Å². The summed E-state index contributed by atoms with van der Waals surface area (Å²) in [7, 11) is -2.36. The standard InChI is InChI=1S/C28H21BrF8N2O3S/c1-43(42)21-13-17(26(31,27(32,33)34)28(35,36)37)12-19(29)23(21)38-24(40)18-8-5-9-20(22(18)30)39(14-15-10-11-15)25(41)16-6-3-2-4-7-16/h2-9,12-13,15H,10-11,14H2,1H3,(H,38,40). The minimum atomic E-state index is -6.44. The Morgan fingerprint density at radius 3 is 2.09 bits per heavy atom. The van der Waals surface area contributed by atoms with E-state index in [0.29, 0.717) is 0 Å². The van der Waals surface area contributed by atoms with E-state index in [1.165, 1.54) is 29.2 Å². The number of nitrogens with zero attached hydrogens (tertiary/aromatic N) is 1. The van der Waals surface area contributed by atoms with Gasteiger partial charge in [0, 0.05) is 28.4 Å². The smallest absolute Gasteiger partial charge is 0.320 e. The van der Waals surface area contributed by atoms with E-state index in [1.54, 1.807) is 18.2 Å². The summed E-state index contributed by atoms with van der Waals surface area (Å²) in [6, 6.07) is 11.8. The van der Waals surface area contributed by atoms with Gasteiger partial charge in [0.2, 0.25) is 0 Å². The first-order valence-electron chi connectivity index (χ1n) is 12.4. The molecule has 0 heterocycles. The Balaban J connectivity index is 1.74. The second kappa shape index (κ2) is 12.0. The normalized spacial score (nSPS) is 14.7. The lowest BCUT2D eigenvalue weighted by molar-refractivity contribution is -0.348. The third-order valence-electron chi connectivity index (χ3n) is 6.70. The second-order valence-corrected chi connectivity index (χ2v) is 12.0. The molecule has 0 bridgehead atoms. The highest BCUT2D eigenvalue weighted by Gasteiger charge is 2.73. The summed E-state index contributed by atoms with van der Waals surface area (Å²) in [4.78, 5) is 26.9. The van der Waals surface area contributed by atoms with E-state index in [9.17, 15) is 44.5 Å². The fraction of sp³-hybridized carbons (Fsp3) is 0.286. The molecule has 1 saturated carbocycles. The van der Waals surface area contributed by atoms with Gasteiger partial charge in [-0.3, -0.25) is 13.8 Å². The first kappa shape index (κ1) is 32.6. The van der Waals surface area contributed by atoms with Gasteiger partial charge in [0.05, 0.1) is 32.6 Å². The minimum absolute atomic E-state index is 0.0835. The first-order chi connectivity index (χ1) is 20.0. The van der Waals surface area contributed by atoms with Crippen LogP contribution in [0, 0.1) is 11.7 Å². The number of carbonyl (C=O) groups excluding carboxylic acids is 2. The first-order valence-corrected chi connectivity index (χ1v) is 14.8. The van der Waals surface area contributed by atoms with Crippen LogP contribution in [0.25, 0.3) is 0 Å². The Morgan fingerprint density at radius 2 is 1.56 bits per heavy atom. The van der Waals surface area contributed by atoms with Crippen molar-refractivity contribution < 1.29 is 48.9 Å². The van der Waals surface area contributed by atoms with E-state index in [-0.39, 0.29) is 35.8 Å². The van der Waals surface area contributed by atoms with E-state index in [4.69, 9.17) is 0 Å². The summed E-state index contributed by atoms with van der Waals surface area (Å²) in [6.07, 6.45) is -10.4. The largest absolute Gasteiger partial charge is 0.435 e. The van der Waals surface area contributed by atoms with E-state index in [1.807, 2.05) is 0 Å². The molecule has 1 atom stereocenters. The summed E-state index contributed by atoms with van der Waals surface area (Å²) in [5, 5.41) is 2.15. The van der Waals surface area contributed by atoms with E-state index >= 15 is 4.39 Å². The average Bonchev–Trinajstić information content (AvgIpc) is 3.75. The van der Waals surface area contributed by atoms with E-state index in [2.05, 4.69) is 21.2 Å². The van der Waals surface area contributed by atoms with Crippen molar-refractivity contribution in [1.29, 1.82) is 0 Å². The molecule has 15 heteroatoms. The van der Waals surface area contributed by atoms with Gasteiger partial charge in [0.25, 0.3) is 11.8 Å². The summed E-state index contributed by atoms with van der Waals surface area (Å²) >= 11 is 2.73. The van der Waals surface area contributed by atoms with Crippen molar-refractivity contribution in [2.45, 2.75) is 35.8 Å². The van der Waals surface area contributed by atoms with Gasteiger partial charge in [-0.15, -0.1) is 0 Å². The molecule has 0 spiro atoms. The fourth-order valence-corrected chi connectivity index (χ4v) is 5.72. The Hall–Kier alpha value is -3.33. The molecular weight excluding hydrogens is 676 g/mol. The molecule has 1 fully saturated rings. The maximum absolute atomic E-state index is 15.8. The number of anilines is 2. The van der Waals surface area contributed by atoms with Gasteiger partial charge in [0.1, 0.15) is 0 Å². The summed E-state index contributed by atoms with van der Waals surface area (Å²) < 4.78 is 122. The second-order valence-electron chi connectivity index (χ2n) is 9.76. The molecular formula is C28H21BrF8N2O3S. The molecule has 4 rings (SSSR count). The van der Waals surface area contributed by atoms with Crippen molar-refractivity contribution in [3.05, 3.63) is 87.6 Å². The number of benzene rings is 3. The van der Waals surface area contributed by atoms with Crippen molar-refractivity contribution >= 4 is 49.9 Å². The van der Waals surface area contributed by atoms with Crippen LogP contribution in [-0.2, 0) is 16.5 Å².